The zero-order valence-corrected chi connectivity index (χ0v) is 21.7. The van der Waals surface area contributed by atoms with Gasteiger partial charge < -0.3 is 14.3 Å². The quantitative estimate of drug-likeness (QED) is 0.232. The van der Waals surface area contributed by atoms with E-state index in [9.17, 15) is 4.79 Å². The van der Waals surface area contributed by atoms with Gasteiger partial charge in [0.15, 0.2) is 0 Å². The molecule has 2 aromatic heterocycles. The highest BCUT2D eigenvalue weighted by molar-refractivity contribution is 6.31. The number of ether oxygens (including phenoxy) is 1. The van der Waals surface area contributed by atoms with Crippen LogP contribution in [0.3, 0.4) is 0 Å². The number of aromatic amines is 1. The fourth-order valence-corrected chi connectivity index (χ4v) is 4.89. The Balaban J connectivity index is 1.86. The molecular weight excluding hydrogens is 493 g/mol. The molecule has 0 atom stereocenters. The molecule has 0 saturated carbocycles. The summed E-state index contributed by atoms with van der Waals surface area (Å²) in [6.45, 7) is 6.29. The first kappa shape index (κ1) is 24.2. The summed E-state index contributed by atoms with van der Waals surface area (Å²) < 4.78 is 7.56. The molecule has 0 radical (unpaired) electrons. The van der Waals surface area contributed by atoms with Crippen molar-refractivity contribution in [2.75, 3.05) is 6.61 Å². The number of aromatic nitrogens is 3. The van der Waals surface area contributed by atoms with E-state index in [2.05, 4.69) is 23.4 Å². The smallest absolute Gasteiger partial charge is 0.355 e. The maximum Gasteiger partial charge on any atom is 0.355 e. The minimum atomic E-state index is -0.526. The highest BCUT2D eigenvalue weighted by Crippen LogP contribution is 2.42. The van der Waals surface area contributed by atoms with Crippen LogP contribution in [0.5, 0.6) is 0 Å². The number of benzene rings is 3. The number of fused-ring (bicyclic) bond motifs is 1. The topological polar surface area (TPSA) is 59.9 Å². The molecule has 0 saturated heterocycles. The fourth-order valence-electron chi connectivity index (χ4n) is 4.59. The predicted octanol–water partition coefficient (Wildman–Crippen LogP) is 7.97. The number of halogens is 2. The van der Waals surface area contributed by atoms with Crippen molar-refractivity contribution in [3.8, 4) is 22.5 Å². The maximum absolute atomic E-state index is 13.2. The molecule has 182 valence electrons. The lowest BCUT2D eigenvalue weighted by Crippen LogP contribution is -2.28. The van der Waals surface area contributed by atoms with E-state index in [4.69, 9.17) is 32.9 Å². The highest BCUT2D eigenvalue weighted by atomic mass is 35.5. The summed E-state index contributed by atoms with van der Waals surface area (Å²) in [5.41, 5.74) is 4.86. The van der Waals surface area contributed by atoms with E-state index in [0.29, 0.717) is 15.7 Å². The number of hydrogen-bond acceptors (Lipinski definition) is 3. The van der Waals surface area contributed by atoms with Crippen molar-refractivity contribution in [1.82, 2.24) is 14.5 Å². The van der Waals surface area contributed by atoms with Gasteiger partial charge >= 0.3 is 5.97 Å². The standard InChI is InChI=1S/C29H25Cl2N3O2/c1-4-36-28(35)26-24(22-15-14-21(31)16-23(22)33-26)27-25(18-8-6-5-7-9-18)32-17-34(27)29(2,3)19-10-12-20(30)13-11-19/h5-17,33H,4H2,1-3H3. The Morgan fingerprint density at radius 2 is 1.69 bits per heavy atom. The average molecular weight is 518 g/mol. The van der Waals surface area contributed by atoms with Gasteiger partial charge in [0.2, 0.25) is 0 Å². The number of nitrogens with one attached hydrogen (secondary N) is 1. The summed E-state index contributed by atoms with van der Waals surface area (Å²) in [6, 6.07) is 23.3. The van der Waals surface area contributed by atoms with Gasteiger partial charge in [0.25, 0.3) is 0 Å². The van der Waals surface area contributed by atoms with Crippen LogP contribution in [0.25, 0.3) is 33.4 Å². The molecule has 0 bridgehead atoms. The van der Waals surface area contributed by atoms with Crippen LogP contribution in [-0.2, 0) is 10.3 Å². The summed E-state index contributed by atoms with van der Waals surface area (Å²) >= 11 is 12.5. The van der Waals surface area contributed by atoms with Crippen molar-refractivity contribution in [1.29, 1.82) is 0 Å². The van der Waals surface area contributed by atoms with Crippen molar-refractivity contribution >= 4 is 40.1 Å². The number of rotatable bonds is 6. The van der Waals surface area contributed by atoms with Gasteiger partial charge in [0.1, 0.15) is 5.69 Å². The van der Waals surface area contributed by atoms with Crippen LogP contribution in [0, 0.1) is 0 Å². The average Bonchev–Trinajstić information content (AvgIpc) is 3.46. The molecule has 36 heavy (non-hydrogen) atoms. The van der Waals surface area contributed by atoms with Gasteiger partial charge in [-0.2, -0.15) is 0 Å². The molecule has 0 aliphatic carbocycles. The highest BCUT2D eigenvalue weighted by Gasteiger charge is 2.32. The van der Waals surface area contributed by atoms with Crippen LogP contribution in [0.4, 0.5) is 0 Å². The summed E-state index contributed by atoms with van der Waals surface area (Å²) in [4.78, 5) is 21.3. The van der Waals surface area contributed by atoms with Gasteiger partial charge in [-0.25, -0.2) is 9.78 Å². The number of esters is 1. The van der Waals surface area contributed by atoms with Crippen LogP contribution >= 0.6 is 23.2 Å². The van der Waals surface area contributed by atoms with E-state index >= 15 is 0 Å². The summed E-state index contributed by atoms with van der Waals surface area (Å²) in [7, 11) is 0. The molecule has 0 aliphatic rings. The molecule has 0 amide bonds. The first-order valence-corrected chi connectivity index (χ1v) is 12.4. The Labute approximate surface area is 219 Å². The van der Waals surface area contributed by atoms with Crippen molar-refractivity contribution in [2.24, 2.45) is 0 Å². The van der Waals surface area contributed by atoms with Gasteiger partial charge in [0, 0.05) is 32.1 Å². The molecule has 5 rings (SSSR count). The first-order valence-electron chi connectivity index (χ1n) is 11.7. The van der Waals surface area contributed by atoms with Crippen molar-refractivity contribution < 1.29 is 9.53 Å². The molecule has 0 unspecified atom stereocenters. The minimum Gasteiger partial charge on any atom is -0.461 e. The monoisotopic (exact) mass is 517 g/mol. The van der Waals surface area contributed by atoms with Crippen LogP contribution in [0.15, 0.2) is 79.1 Å². The molecule has 5 nitrogen and oxygen atoms in total. The normalized spacial score (nSPS) is 11.7. The Kier molecular flexibility index (Phi) is 6.37. The second-order valence-corrected chi connectivity index (χ2v) is 9.90. The van der Waals surface area contributed by atoms with E-state index in [-0.39, 0.29) is 6.61 Å². The number of hydrogen-bond donors (Lipinski definition) is 1. The van der Waals surface area contributed by atoms with E-state index in [0.717, 1.165) is 39.0 Å². The lowest BCUT2D eigenvalue weighted by atomic mass is 9.92. The van der Waals surface area contributed by atoms with Crippen LogP contribution in [-0.4, -0.2) is 27.1 Å². The summed E-state index contributed by atoms with van der Waals surface area (Å²) in [5, 5.41) is 2.10. The Hall–Kier alpha value is -3.54. The van der Waals surface area contributed by atoms with Crippen LogP contribution in [0.1, 0.15) is 36.8 Å². The zero-order chi connectivity index (χ0) is 25.4. The van der Waals surface area contributed by atoms with E-state index in [1.807, 2.05) is 79.1 Å². The maximum atomic E-state index is 13.2. The summed E-state index contributed by atoms with van der Waals surface area (Å²) in [6.07, 6.45) is 1.83. The van der Waals surface area contributed by atoms with Gasteiger partial charge in [0.05, 0.1) is 29.9 Å². The molecule has 7 heteroatoms. The van der Waals surface area contributed by atoms with Crippen molar-refractivity contribution in [3.05, 3.63) is 100 Å². The lowest BCUT2D eigenvalue weighted by molar-refractivity contribution is 0.0521. The Bertz CT molecular complexity index is 1550. The van der Waals surface area contributed by atoms with Gasteiger partial charge in [-0.05, 0) is 50.6 Å². The third-order valence-corrected chi connectivity index (χ3v) is 6.93. The second kappa shape index (κ2) is 9.49. The third-order valence-electron chi connectivity index (χ3n) is 6.44. The molecule has 0 spiro atoms. The minimum absolute atomic E-state index is 0.259. The van der Waals surface area contributed by atoms with Gasteiger partial charge in [-0.15, -0.1) is 0 Å². The molecule has 1 N–H and O–H groups in total. The largest absolute Gasteiger partial charge is 0.461 e. The second-order valence-electron chi connectivity index (χ2n) is 9.03. The number of imidazole rings is 1. The fraction of sp³-hybridized carbons (Fsp3) is 0.172. The third kappa shape index (κ3) is 4.19. The SMILES string of the molecule is CCOC(=O)c1[nH]c2cc(Cl)ccc2c1-c1c(-c2ccccc2)ncn1C(C)(C)c1ccc(Cl)cc1. The molecule has 0 fully saturated rings. The number of carbonyl (C=O) groups is 1. The first-order chi connectivity index (χ1) is 17.3. The molecule has 5 aromatic rings. The van der Waals surface area contributed by atoms with Crippen molar-refractivity contribution in [2.45, 2.75) is 26.3 Å². The lowest BCUT2D eigenvalue weighted by Gasteiger charge is -2.30. The van der Waals surface area contributed by atoms with Crippen LogP contribution < -0.4 is 0 Å². The van der Waals surface area contributed by atoms with Gasteiger partial charge in [-0.3, -0.25) is 0 Å². The number of nitrogens with zero attached hydrogens (tertiary/aromatic N) is 2. The van der Waals surface area contributed by atoms with E-state index in [1.54, 1.807) is 6.92 Å². The molecule has 0 aliphatic heterocycles. The van der Waals surface area contributed by atoms with E-state index in [1.165, 1.54) is 0 Å². The van der Waals surface area contributed by atoms with Crippen molar-refractivity contribution in [3.63, 3.8) is 0 Å². The Morgan fingerprint density at radius 3 is 2.39 bits per heavy atom. The molecule has 3 aromatic carbocycles. The van der Waals surface area contributed by atoms with Gasteiger partial charge in [-0.1, -0.05) is 71.7 Å². The molecular formula is C29H25Cl2N3O2. The number of carbonyl (C=O) groups excluding carboxylic acids is 1. The number of H-pyrrole nitrogens is 1. The molecule has 2 heterocycles. The van der Waals surface area contributed by atoms with Crippen LogP contribution in [0.2, 0.25) is 10.0 Å². The van der Waals surface area contributed by atoms with E-state index < -0.39 is 11.5 Å². The Morgan fingerprint density at radius 1 is 1.00 bits per heavy atom. The zero-order valence-electron chi connectivity index (χ0n) is 20.2. The summed E-state index contributed by atoms with van der Waals surface area (Å²) in [5.74, 6) is -0.434. The predicted molar refractivity (Wildman–Crippen MR) is 146 cm³/mol.